The van der Waals surface area contributed by atoms with Crippen LogP contribution in [0.15, 0.2) is 34.9 Å². The minimum absolute atomic E-state index is 0.171. The molecule has 1 aromatic carbocycles. The number of nitrogens with one attached hydrogen (secondary N) is 1. The summed E-state index contributed by atoms with van der Waals surface area (Å²) in [7, 11) is 1.90. The number of nitrogens with two attached hydrogens (primary N) is 1. The maximum absolute atomic E-state index is 11.1. The highest BCUT2D eigenvalue weighted by Crippen LogP contribution is 2.25. The van der Waals surface area contributed by atoms with E-state index < -0.39 is 5.91 Å². The average Bonchev–Trinajstić information content (AvgIpc) is 2.87. The normalized spacial score (nSPS) is 12.4. The van der Waals surface area contributed by atoms with Gasteiger partial charge in [0.25, 0.3) is 5.91 Å². The van der Waals surface area contributed by atoms with Gasteiger partial charge in [-0.1, -0.05) is 22.0 Å². The summed E-state index contributed by atoms with van der Waals surface area (Å²) in [6.45, 7) is 2.06. The van der Waals surface area contributed by atoms with Gasteiger partial charge in [0, 0.05) is 16.7 Å². The zero-order valence-corrected chi connectivity index (χ0v) is 12.3. The highest BCUT2D eigenvalue weighted by molar-refractivity contribution is 9.10. The second kappa shape index (κ2) is 5.54. The summed E-state index contributed by atoms with van der Waals surface area (Å²) in [5, 5.41) is 7.38. The van der Waals surface area contributed by atoms with Crippen LogP contribution >= 0.6 is 15.9 Å². The van der Waals surface area contributed by atoms with E-state index in [-0.39, 0.29) is 11.7 Å². The van der Waals surface area contributed by atoms with E-state index in [0.717, 1.165) is 15.7 Å². The van der Waals surface area contributed by atoms with E-state index in [4.69, 9.17) is 5.73 Å². The Balaban J connectivity index is 2.52. The number of hydrogen-bond donors (Lipinski definition) is 2. The average molecular weight is 323 g/mol. The molecule has 1 aromatic heterocycles. The van der Waals surface area contributed by atoms with Crippen molar-refractivity contribution in [1.82, 2.24) is 15.1 Å². The number of nitrogens with zero attached hydrogens (tertiary/aromatic N) is 2. The van der Waals surface area contributed by atoms with Gasteiger partial charge in [-0.2, -0.15) is 5.10 Å². The van der Waals surface area contributed by atoms with Gasteiger partial charge in [0.2, 0.25) is 0 Å². The molecule has 1 amide bonds. The third kappa shape index (κ3) is 2.85. The van der Waals surface area contributed by atoms with Gasteiger partial charge in [-0.05, 0) is 37.7 Å². The molecule has 0 saturated heterocycles. The van der Waals surface area contributed by atoms with E-state index >= 15 is 0 Å². The molecule has 0 aliphatic carbocycles. The molecule has 3 N–H and O–H groups in total. The van der Waals surface area contributed by atoms with E-state index in [2.05, 4.69) is 33.3 Å². The van der Waals surface area contributed by atoms with Crippen LogP contribution in [0.1, 0.15) is 29.0 Å². The summed E-state index contributed by atoms with van der Waals surface area (Å²) in [6.07, 6.45) is 1.73. The van der Waals surface area contributed by atoms with Crippen LogP contribution in [-0.2, 0) is 0 Å². The third-order valence-electron chi connectivity index (χ3n) is 2.98. The van der Waals surface area contributed by atoms with E-state index in [0.29, 0.717) is 0 Å². The number of rotatable bonds is 4. The van der Waals surface area contributed by atoms with Crippen LogP contribution in [0.2, 0.25) is 0 Å². The molecule has 0 bridgehead atoms. The van der Waals surface area contributed by atoms with Gasteiger partial charge >= 0.3 is 0 Å². The Morgan fingerprint density at radius 1 is 1.47 bits per heavy atom. The lowest BCUT2D eigenvalue weighted by Crippen LogP contribution is -2.16. The first-order valence-electron chi connectivity index (χ1n) is 5.85. The lowest BCUT2D eigenvalue weighted by molar-refractivity contribution is 0.0995. The summed E-state index contributed by atoms with van der Waals surface area (Å²) in [4.78, 5) is 11.1. The quantitative estimate of drug-likeness (QED) is 0.904. The topological polar surface area (TPSA) is 72.9 Å². The molecule has 5 nitrogen and oxygen atoms in total. The molecule has 1 atom stereocenters. The number of primary amides is 1. The molecule has 19 heavy (non-hydrogen) atoms. The van der Waals surface area contributed by atoms with Gasteiger partial charge in [0.1, 0.15) is 5.69 Å². The summed E-state index contributed by atoms with van der Waals surface area (Å²) in [5.41, 5.74) is 7.47. The molecule has 100 valence electrons. The van der Waals surface area contributed by atoms with Crippen molar-refractivity contribution < 1.29 is 4.79 Å². The highest BCUT2D eigenvalue weighted by atomic mass is 79.9. The van der Waals surface area contributed by atoms with Gasteiger partial charge in [-0.3, -0.25) is 4.79 Å². The van der Waals surface area contributed by atoms with Gasteiger partial charge in [0.15, 0.2) is 0 Å². The van der Waals surface area contributed by atoms with Crippen LogP contribution in [0, 0.1) is 0 Å². The summed E-state index contributed by atoms with van der Waals surface area (Å²) < 4.78 is 2.61. The van der Waals surface area contributed by atoms with Crippen molar-refractivity contribution in [3.05, 3.63) is 46.2 Å². The SMILES string of the molecule is CNC(C)c1ccc(Br)cc1-n1ccc(C(N)=O)n1. The van der Waals surface area contributed by atoms with E-state index in [1.165, 1.54) is 0 Å². The monoisotopic (exact) mass is 322 g/mol. The van der Waals surface area contributed by atoms with Gasteiger partial charge in [-0.25, -0.2) is 4.68 Å². The number of halogens is 1. The van der Waals surface area contributed by atoms with Crippen LogP contribution in [0.4, 0.5) is 0 Å². The zero-order chi connectivity index (χ0) is 14.0. The molecular formula is C13H15BrN4O. The number of amides is 1. The van der Waals surface area contributed by atoms with Gasteiger partial charge in [0.05, 0.1) is 5.69 Å². The molecule has 0 fully saturated rings. The molecule has 1 heterocycles. The second-order valence-corrected chi connectivity index (χ2v) is 5.14. The molecule has 0 radical (unpaired) electrons. The number of hydrogen-bond acceptors (Lipinski definition) is 3. The Morgan fingerprint density at radius 2 is 2.21 bits per heavy atom. The molecule has 2 aromatic rings. The fourth-order valence-electron chi connectivity index (χ4n) is 1.83. The molecule has 0 aliphatic rings. The number of benzene rings is 1. The fourth-order valence-corrected chi connectivity index (χ4v) is 2.18. The minimum Gasteiger partial charge on any atom is -0.364 e. The Labute approximate surface area is 119 Å². The van der Waals surface area contributed by atoms with Gasteiger partial charge in [-0.15, -0.1) is 0 Å². The Kier molecular flexibility index (Phi) is 4.01. The fraction of sp³-hybridized carbons (Fsp3) is 0.231. The second-order valence-electron chi connectivity index (χ2n) is 4.22. The summed E-state index contributed by atoms with van der Waals surface area (Å²) in [5.74, 6) is -0.531. The zero-order valence-electron chi connectivity index (χ0n) is 10.7. The Hall–Kier alpha value is -1.66. The Morgan fingerprint density at radius 3 is 2.79 bits per heavy atom. The summed E-state index contributed by atoms with van der Waals surface area (Å²) >= 11 is 3.45. The van der Waals surface area contributed by atoms with Gasteiger partial charge < -0.3 is 11.1 Å². The molecule has 1 unspecified atom stereocenters. The first kappa shape index (κ1) is 13.8. The lowest BCUT2D eigenvalue weighted by atomic mass is 10.1. The minimum atomic E-state index is -0.531. The number of carbonyl (C=O) groups excluding carboxylic acids is 1. The standard InChI is InChI=1S/C13H15BrN4O/c1-8(16-2)10-4-3-9(14)7-12(10)18-6-5-11(17-18)13(15)19/h3-8,16H,1-2H3,(H2,15,19). The van der Waals surface area contributed by atoms with Crippen molar-refractivity contribution in [3.63, 3.8) is 0 Å². The Bertz CT molecular complexity index is 608. The molecule has 0 aliphatic heterocycles. The smallest absolute Gasteiger partial charge is 0.269 e. The maximum Gasteiger partial charge on any atom is 0.269 e. The maximum atomic E-state index is 11.1. The largest absolute Gasteiger partial charge is 0.364 e. The molecule has 6 heteroatoms. The first-order chi connectivity index (χ1) is 9.02. The lowest BCUT2D eigenvalue weighted by Gasteiger charge is -2.16. The van der Waals surface area contributed by atoms with Crippen molar-refractivity contribution in [2.24, 2.45) is 5.73 Å². The van der Waals surface area contributed by atoms with Crippen LogP contribution in [-0.4, -0.2) is 22.7 Å². The molecular weight excluding hydrogens is 308 g/mol. The molecule has 0 spiro atoms. The highest BCUT2D eigenvalue weighted by Gasteiger charge is 2.13. The summed E-state index contributed by atoms with van der Waals surface area (Å²) in [6, 6.07) is 7.74. The third-order valence-corrected chi connectivity index (χ3v) is 3.47. The van der Waals surface area contributed by atoms with E-state index in [1.54, 1.807) is 16.9 Å². The first-order valence-corrected chi connectivity index (χ1v) is 6.64. The van der Waals surface area contributed by atoms with Crippen LogP contribution < -0.4 is 11.1 Å². The molecule has 2 rings (SSSR count). The number of aromatic nitrogens is 2. The van der Waals surface area contributed by atoms with Crippen molar-refractivity contribution in [2.75, 3.05) is 7.05 Å². The van der Waals surface area contributed by atoms with Crippen LogP contribution in [0.3, 0.4) is 0 Å². The van der Waals surface area contributed by atoms with Crippen molar-refractivity contribution in [1.29, 1.82) is 0 Å². The van der Waals surface area contributed by atoms with E-state index in [9.17, 15) is 4.79 Å². The van der Waals surface area contributed by atoms with Crippen molar-refractivity contribution in [3.8, 4) is 5.69 Å². The van der Waals surface area contributed by atoms with Crippen molar-refractivity contribution >= 4 is 21.8 Å². The number of carbonyl (C=O) groups is 1. The molecule has 0 saturated carbocycles. The van der Waals surface area contributed by atoms with E-state index in [1.807, 2.05) is 25.2 Å². The van der Waals surface area contributed by atoms with Crippen molar-refractivity contribution in [2.45, 2.75) is 13.0 Å². The van der Waals surface area contributed by atoms with Crippen LogP contribution in [0.25, 0.3) is 5.69 Å². The van der Waals surface area contributed by atoms with Crippen LogP contribution in [0.5, 0.6) is 0 Å². The predicted molar refractivity (Wildman–Crippen MR) is 77.3 cm³/mol. The predicted octanol–water partition coefficient (Wildman–Crippen LogP) is 2.01.